The van der Waals surface area contributed by atoms with E-state index in [2.05, 4.69) is 55.4 Å². The second kappa shape index (κ2) is 8.57. The molecule has 1 aromatic carbocycles. The van der Waals surface area contributed by atoms with Crippen molar-refractivity contribution < 1.29 is 4.79 Å². The van der Waals surface area contributed by atoms with Crippen LogP contribution in [-0.2, 0) is 11.2 Å². The maximum Gasteiger partial charge on any atom is 0.227 e. The number of carbonyl (C=O) groups excluding carboxylic acids is 1. The molecule has 3 nitrogen and oxygen atoms in total. The van der Waals surface area contributed by atoms with E-state index in [0.29, 0.717) is 12.5 Å². The third-order valence-electron chi connectivity index (χ3n) is 5.92. The van der Waals surface area contributed by atoms with Crippen molar-refractivity contribution in [2.75, 3.05) is 13.6 Å². The van der Waals surface area contributed by atoms with Gasteiger partial charge in [0.15, 0.2) is 0 Å². The molecule has 1 aromatic heterocycles. The predicted octanol–water partition coefficient (Wildman–Crippen LogP) is 5.02. The number of hydrogen-bond donors (Lipinski definition) is 1. The van der Waals surface area contributed by atoms with E-state index >= 15 is 0 Å². The van der Waals surface area contributed by atoms with Crippen LogP contribution in [0.2, 0.25) is 0 Å². The van der Waals surface area contributed by atoms with E-state index in [1.807, 2.05) is 18.0 Å². The lowest BCUT2D eigenvalue weighted by molar-refractivity contribution is -0.132. The van der Waals surface area contributed by atoms with Crippen molar-refractivity contribution >= 4 is 27.3 Å². The van der Waals surface area contributed by atoms with E-state index in [4.69, 9.17) is 0 Å². The molecule has 2 atom stereocenters. The number of nitrogens with zero attached hydrogens (tertiary/aromatic N) is 1. The first-order valence-electron chi connectivity index (χ1n) is 9.99. The van der Waals surface area contributed by atoms with Crippen LogP contribution in [0.25, 0.3) is 10.1 Å². The maximum absolute atomic E-state index is 13.1. The average Bonchev–Trinajstić information content (AvgIpc) is 3.16. The Morgan fingerprint density at radius 2 is 2.11 bits per heavy atom. The molecule has 0 radical (unpaired) electrons. The fraction of sp³-hybridized carbons (Fsp3) is 0.522. The quantitative estimate of drug-likeness (QED) is 0.680. The zero-order valence-electron chi connectivity index (χ0n) is 16.8. The Bertz CT molecular complexity index is 795. The summed E-state index contributed by atoms with van der Waals surface area (Å²) < 4.78 is 1.26. The van der Waals surface area contributed by atoms with Crippen molar-refractivity contribution in [1.29, 1.82) is 0 Å². The summed E-state index contributed by atoms with van der Waals surface area (Å²) >= 11 is 1.73. The molecule has 4 heteroatoms. The summed E-state index contributed by atoms with van der Waals surface area (Å²) in [5, 5.41) is 7.04. The van der Waals surface area contributed by atoms with E-state index in [-0.39, 0.29) is 17.4 Å². The number of fused-ring (bicyclic) bond motifs is 1. The lowest BCUT2D eigenvalue weighted by atomic mass is 9.87. The highest BCUT2D eigenvalue weighted by Gasteiger charge is 2.31. The minimum Gasteiger partial charge on any atom is -0.341 e. The van der Waals surface area contributed by atoms with E-state index < -0.39 is 0 Å². The topological polar surface area (TPSA) is 32.3 Å². The van der Waals surface area contributed by atoms with Crippen molar-refractivity contribution in [2.45, 2.75) is 58.0 Å². The number of benzene rings is 1. The molecule has 1 heterocycles. The van der Waals surface area contributed by atoms with Gasteiger partial charge in [-0.2, -0.15) is 0 Å². The number of likely N-dealkylation sites (N-methyl/N-ethyl adjacent to an activating group) is 1. The smallest absolute Gasteiger partial charge is 0.227 e. The molecule has 27 heavy (non-hydrogen) atoms. The second-order valence-electron chi connectivity index (χ2n) is 8.46. The third-order valence-corrected chi connectivity index (χ3v) is 6.80. The van der Waals surface area contributed by atoms with E-state index in [1.165, 1.54) is 22.9 Å². The molecule has 1 aliphatic rings. The van der Waals surface area contributed by atoms with Crippen LogP contribution in [0.4, 0.5) is 0 Å². The first kappa shape index (κ1) is 20.1. The van der Waals surface area contributed by atoms with E-state index in [1.54, 1.807) is 11.3 Å². The monoisotopic (exact) mass is 384 g/mol. The minimum atomic E-state index is 0.0686. The van der Waals surface area contributed by atoms with Gasteiger partial charge in [-0.3, -0.25) is 4.79 Å². The average molecular weight is 385 g/mol. The van der Waals surface area contributed by atoms with Crippen molar-refractivity contribution in [2.24, 2.45) is 5.41 Å². The summed E-state index contributed by atoms with van der Waals surface area (Å²) in [7, 11) is 1.99. The van der Waals surface area contributed by atoms with Gasteiger partial charge in [0.1, 0.15) is 0 Å². The largest absolute Gasteiger partial charge is 0.341 e. The predicted molar refractivity (Wildman–Crippen MR) is 116 cm³/mol. The van der Waals surface area contributed by atoms with Crippen molar-refractivity contribution in [1.82, 2.24) is 10.2 Å². The number of carbonyl (C=O) groups is 1. The lowest BCUT2D eigenvalue weighted by Crippen LogP contribution is -2.53. The van der Waals surface area contributed by atoms with E-state index in [0.717, 1.165) is 24.9 Å². The lowest BCUT2D eigenvalue weighted by Gasteiger charge is -2.40. The molecule has 0 saturated heterocycles. The van der Waals surface area contributed by atoms with Crippen LogP contribution < -0.4 is 5.32 Å². The fourth-order valence-electron chi connectivity index (χ4n) is 3.96. The van der Waals surface area contributed by atoms with Crippen LogP contribution >= 0.6 is 11.3 Å². The van der Waals surface area contributed by atoms with Gasteiger partial charge in [0.25, 0.3) is 0 Å². The molecule has 0 spiro atoms. The number of hydrogen-bond acceptors (Lipinski definition) is 3. The maximum atomic E-state index is 13.1. The first-order valence-corrected chi connectivity index (χ1v) is 10.9. The second-order valence-corrected chi connectivity index (χ2v) is 9.41. The Balaban J connectivity index is 1.68. The van der Waals surface area contributed by atoms with E-state index in [9.17, 15) is 4.79 Å². The molecular formula is C23H32N2OS. The molecule has 2 aromatic rings. The summed E-state index contributed by atoms with van der Waals surface area (Å²) in [5.41, 5.74) is 1.21. The number of amides is 1. The van der Waals surface area contributed by atoms with Gasteiger partial charge in [-0.1, -0.05) is 44.9 Å². The molecule has 1 amide bonds. The molecule has 1 saturated carbocycles. The molecular weight excluding hydrogens is 352 g/mol. The normalized spacial score (nSPS) is 20.6. The standard InChI is InChI=1S/C23H32N2OS/c1-5-23(2,3)16-24-19-10-6-7-11-20(19)25(4)22(26)15-17-9-8-12-21-18(17)13-14-27-21/h5,8-9,12-14,19-20,24H,1,6-7,10-11,15-16H2,2-4H3/t19-,20-/m1/s1. The van der Waals surface area contributed by atoms with Crippen molar-refractivity contribution in [3.63, 3.8) is 0 Å². The van der Waals surface area contributed by atoms with Gasteiger partial charge in [-0.15, -0.1) is 17.9 Å². The van der Waals surface area contributed by atoms with Crippen LogP contribution in [0.1, 0.15) is 45.1 Å². The van der Waals surface area contributed by atoms with Crippen LogP contribution in [0, 0.1) is 5.41 Å². The Labute approximate surface area is 167 Å². The first-order chi connectivity index (χ1) is 12.9. The zero-order chi connectivity index (χ0) is 19.4. The Hall–Kier alpha value is -1.65. The zero-order valence-corrected chi connectivity index (χ0v) is 17.6. The van der Waals surface area contributed by atoms with Crippen molar-refractivity contribution in [3.8, 4) is 0 Å². The van der Waals surface area contributed by atoms with Gasteiger partial charge < -0.3 is 10.2 Å². The van der Waals surface area contributed by atoms with Gasteiger partial charge >= 0.3 is 0 Å². The van der Waals surface area contributed by atoms with Gasteiger partial charge in [-0.25, -0.2) is 0 Å². The molecule has 0 unspecified atom stereocenters. The van der Waals surface area contributed by atoms with Crippen LogP contribution in [0.5, 0.6) is 0 Å². The summed E-state index contributed by atoms with van der Waals surface area (Å²) in [5.74, 6) is 0.218. The minimum absolute atomic E-state index is 0.0686. The summed E-state index contributed by atoms with van der Waals surface area (Å²) in [4.78, 5) is 15.1. The van der Waals surface area contributed by atoms with Crippen LogP contribution in [0.15, 0.2) is 42.3 Å². The molecule has 0 bridgehead atoms. The molecule has 146 valence electrons. The summed E-state index contributed by atoms with van der Waals surface area (Å²) in [6.45, 7) is 9.23. The Kier molecular flexibility index (Phi) is 6.38. The number of thiophene rings is 1. The van der Waals surface area contributed by atoms with Crippen LogP contribution in [0.3, 0.4) is 0 Å². The molecule has 1 fully saturated rings. The summed E-state index contributed by atoms with van der Waals surface area (Å²) in [6, 6.07) is 9.04. The van der Waals surface area contributed by atoms with Gasteiger partial charge in [0, 0.05) is 30.4 Å². The third kappa shape index (κ3) is 4.80. The number of rotatable bonds is 7. The van der Waals surface area contributed by atoms with Crippen LogP contribution in [-0.4, -0.2) is 36.5 Å². The van der Waals surface area contributed by atoms with Gasteiger partial charge in [0.05, 0.1) is 6.42 Å². The highest BCUT2D eigenvalue weighted by Crippen LogP contribution is 2.27. The SMILES string of the molecule is C=CC(C)(C)CN[C@@H]1CCCC[C@H]1N(C)C(=O)Cc1cccc2sccc12. The number of nitrogens with one attached hydrogen (secondary N) is 1. The summed E-state index contributed by atoms with van der Waals surface area (Å²) in [6.07, 6.45) is 7.14. The van der Waals surface area contributed by atoms with Gasteiger partial charge in [0.2, 0.25) is 5.91 Å². The molecule has 1 N–H and O–H groups in total. The fourth-order valence-corrected chi connectivity index (χ4v) is 4.80. The Morgan fingerprint density at radius 1 is 1.33 bits per heavy atom. The molecule has 1 aliphatic carbocycles. The molecule has 0 aliphatic heterocycles. The highest BCUT2D eigenvalue weighted by molar-refractivity contribution is 7.17. The highest BCUT2D eigenvalue weighted by atomic mass is 32.1. The Morgan fingerprint density at radius 3 is 2.89 bits per heavy atom. The van der Waals surface area contributed by atoms with Gasteiger partial charge in [-0.05, 0) is 46.7 Å². The molecule has 3 rings (SSSR count). The van der Waals surface area contributed by atoms with Crippen molar-refractivity contribution in [3.05, 3.63) is 47.9 Å².